The topological polar surface area (TPSA) is 3.24 Å². The van der Waals surface area contributed by atoms with Gasteiger partial charge in [0.25, 0.3) is 0 Å². The summed E-state index contributed by atoms with van der Waals surface area (Å²) in [5.41, 5.74) is 13.2. The molecular weight excluding hydrogens is 735 g/mol. The molecule has 0 heterocycles. The Morgan fingerprint density at radius 2 is 0.689 bits per heavy atom. The summed E-state index contributed by atoms with van der Waals surface area (Å²) >= 11 is 0. The first kappa shape index (κ1) is 36.1. The highest BCUT2D eigenvalue weighted by atomic mass is 15.1. The molecule has 0 aliphatic rings. The highest BCUT2D eigenvalue weighted by Gasteiger charge is 2.18. The first-order valence-electron chi connectivity index (χ1n) is 21.0. The van der Waals surface area contributed by atoms with E-state index < -0.39 is 0 Å². The van der Waals surface area contributed by atoms with Crippen molar-refractivity contribution in [3.05, 3.63) is 248 Å². The lowest BCUT2D eigenvalue weighted by Gasteiger charge is -2.25. The summed E-state index contributed by atoms with van der Waals surface area (Å²) in [5, 5.41) is 10.0. The van der Waals surface area contributed by atoms with Gasteiger partial charge in [-0.1, -0.05) is 212 Å². The molecule has 286 valence electrons. The molecule has 0 aromatic heterocycles. The molecule has 11 aromatic rings. The third-order valence-corrected chi connectivity index (χ3v) is 12.1. The third kappa shape index (κ3) is 6.63. The predicted molar refractivity (Wildman–Crippen MR) is 263 cm³/mol. The summed E-state index contributed by atoms with van der Waals surface area (Å²) in [6.07, 6.45) is 4.50. The van der Waals surface area contributed by atoms with Crippen LogP contribution in [0.25, 0.3) is 88.6 Å². The van der Waals surface area contributed by atoms with E-state index >= 15 is 0 Å². The van der Waals surface area contributed by atoms with Gasteiger partial charge in [-0.3, -0.25) is 0 Å². The molecule has 0 unspecified atom stereocenters. The second kappa shape index (κ2) is 15.6. The predicted octanol–water partition coefficient (Wildman–Crippen LogP) is 16.9. The summed E-state index contributed by atoms with van der Waals surface area (Å²) in [6, 6.07) is 85.6. The van der Waals surface area contributed by atoms with Crippen LogP contribution in [-0.2, 0) is 0 Å². The quantitative estimate of drug-likeness (QED) is 0.110. The minimum Gasteiger partial charge on any atom is -0.311 e. The number of anilines is 3. The summed E-state index contributed by atoms with van der Waals surface area (Å²) in [6.45, 7) is 0. The van der Waals surface area contributed by atoms with Gasteiger partial charge in [-0.05, 0) is 124 Å². The van der Waals surface area contributed by atoms with Gasteiger partial charge in [0, 0.05) is 17.1 Å². The lowest BCUT2D eigenvalue weighted by molar-refractivity contribution is 1.28. The van der Waals surface area contributed by atoms with Crippen molar-refractivity contribution < 1.29 is 0 Å². The molecule has 1 nitrogen and oxygen atoms in total. The molecule has 0 bridgehead atoms. The lowest BCUT2D eigenvalue weighted by atomic mass is 9.86. The molecule has 0 saturated carbocycles. The molecule has 11 aromatic carbocycles. The maximum atomic E-state index is 2.31. The van der Waals surface area contributed by atoms with Crippen molar-refractivity contribution in [2.24, 2.45) is 0 Å². The molecule has 11 rings (SSSR count). The van der Waals surface area contributed by atoms with Gasteiger partial charge in [-0.25, -0.2) is 0 Å². The Morgan fingerprint density at radius 1 is 0.262 bits per heavy atom. The molecule has 0 atom stereocenters. The smallest absolute Gasteiger partial charge is 0.0462 e. The van der Waals surface area contributed by atoms with Crippen LogP contribution in [0.15, 0.2) is 237 Å². The Hall–Kier alpha value is -8.00. The molecule has 0 saturated heterocycles. The maximum absolute atomic E-state index is 2.31. The molecular formula is C60H41N. The third-order valence-electron chi connectivity index (χ3n) is 12.1. The van der Waals surface area contributed by atoms with Gasteiger partial charge in [-0.2, -0.15) is 0 Å². The number of fused-ring (bicyclic) bond motifs is 4. The number of hydrogen-bond acceptors (Lipinski definition) is 1. The minimum atomic E-state index is 1.12. The molecule has 0 N–H and O–H groups in total. The maximum Gasteiger partial charge on any atom is 0.0462 e. The van der Waals surface area contributed by atoms with Crippen LogP contribution in [0, 0.1) is 0 Å². The van der Waals surface area contributed by atoms with E-state index in [-0.39, 0.29) is 0 Å². The molecule has 0 radical (unpaired) electrons. The molecule has 61 heavy (non-hydrogen) atoms. The Balaban J connectivity index is 0.950. The summed E-state index contributed by atoms with van der Waals surface area (Å²) in [4.78, 5) is 2.31. The molecule has 0 aliphatic carbocycles. The van der Waals surface area contributed by atoms with E-state index in [4.69, 9.17) is 0 Å². The second-order valence-electron chi connectivity index (χ2n) is 15.6. The van der Waals surface area contributed by atoms with Crippen molar-refractivity contribution in [2.75, 3.05) is 4.90 Å². The van der Waals surface area contributed by atoms with E-state index in [0.29, 0.717) is 0 Å². The fourth-order valence-corrected chi connectivity index (χ4v) is 9.24. The average Bonchev–Trinajstić information content (AvgIpc) is 3.33. The van der Waals surface area contributed by atoms with E-state index in [1.807, 2.05) is 0 Å². The highest BCUT2D eigenvalue weighted by Crippen LogP contribution is 2.45. The van der Waals surface area contributed by atoms with Crippen LogP contribution in [0.2, 0.25) is 0 Å². The van der Waals surface area contributed by atoms with Gasteiger partial charge in [0.05, 0.1) is 0 Å². The monoisotopic (exact) mass is 775 g/mol. The van der Waals surface area contributed by atoms with Crippen molar-refractivity contribution in [1.82, 2.24) is 0 Å². The van der Waals surface area contributed by atoms with E-state index in [2.05, 4.69) is 254 Å². The van der Waals surface area contributed by atoms with Crippen LogP contribution in [-0.4, -0.2) is 0 Å². The summed E-state index contributed by atoms with van der Waals surface area (Å²) in [7, 11) is 0. The Morgan fingerprint density at radius 3 is 1.26 bits per heavy atom. The van der Waals surface area contributed by atoms with Crippen LogP contribution < -0.4 is 4.90 Å². The Kier molecular flexibility index (Phi) is 9.26. The molecule has 0 fully saturated rings. The van der Waals surface area contributed by atoms with Gasteiger partial charge in [0.2, 0.25) is 0 Å². The van der Waals surface area contributed by atoms with Gasteiger partial charge in [0.15, 0.2) is 0 Å². The van der Waals surface area contributed by atoms with E-state index in [9.17, 15) is 0 Å². The zero-order valence-corrected chi connectivity index (χ0v) is 33.6. The second-order valence-corrected chi connectivity index (χ2v) is 15.6. The Bertz CT molecular complexity index is 3280. The summed E-state index contributed by atoms with van der Waals surface area (Å²) < 4.78 is 0. The molecule has 0 aliphatic heterocycles. The molecule has 0 amide bonds. The van der Waals surface area contributed by atoms with Gasteiger partial charge < -0.3 is 4.90 Å². The van der Waals surface area contributed by atoms with Gasteiger partial charge >= 0.3 is 0 Å². The lowest BCUT2D eigenvalue weighted by Crippen LogP contribution is -2.09. The fraction of sp³-hybridized carbons (Fsp3) is 0. The standard InChI is InChI=1S/C60H41N/c1-3-18-47(19-4-1)61(48-20-5-2-6-21-48)49-39-36-46(37-40-49)60-57-27-13-11-25-55(57)59(56-26-12-14-28-58(56)60)45-34-31-42(32-35-45)30-33-44-38-41-54(52-24-10-9-23-51(44)52)53-29-15-17-43-16-7-8-22-50(43)53/h1-41H. The van der Waals surface area contributed by atoms with Crippen molar-refractivity contribution >= 4 is 72.3 Å². The fourth-order valence-electron chi connectivity index (χ4n) is 9.24. The number of rotatable bonds is 8. The van der Waals surface area contributed by atoms with E-state index in [0.717, 1.165) is 22.6 Å². The van der Waals surface area contributed by atoms with E-state index in [1.165, 1.54) is 82.0 Å². The normalized spacial score (nSPS) is 11.5. The van der Waals surface area contributed by atoms with Crippen LogP contribution in [0.4, 0.5) is 17.1 Å². The number of para-hydroxylation sites is 2. The SMILES string of the molecule is C(=Cc1ccc(-c2cccc3ccccc23)c2ccccc12)c1ccc(-c2c3ccccc3c(-c3ccc(N(c4ccccc4)c4ccccc4)cc3)c3ccccc23)cc1. The zero-order chi connectivity index (χ0) is 40.5. The number of nitrogens with zero attached hydrogens (tertiary/aromatic N) is 1. The number of benzene rings is 11. The number of hydrogen-bond donors (Lipinski definition) is 0. The van der Waals surface area contributed by atoms with Gasteiger partial charge in [0.1, 0.15) is 0 Å². The van der Waals surface area contributed by atoms with Crippen molar-refractivity contribution in [2.45, 2.75) is 0 Å². The van der Waals surface area contributed by atoms with Gasteiger partial charge in [-0.15, -0.1) is 0 Å². The minimum absolute atomic E-state index is 1.12. The van der Waals surface area contributed by atoms with Crippen LogP contribution in [0.5, 0.6) is 0 Å². The highest BCUT2D eigenvalue weighted by molar-refractivity contribution is 6.21. The van der Waals surface area contributed by atoms with Crippen molar-refractivity contribution in [1.29, 1.82) is 0 Å². The van der Waals surface area contributed by atoms with Crippen molar-refractivity contribution in [3.8, 4) is 33.4 Å². The first-order chi connectivity index (χ1) is 30.3. The largest absolute Gasteiger partial charge is 0.311 e. The summed E-state index contributed by atoms with van der Waals surface area (Å²) in [5.74, 6) is 0. The van der Waals surface area contributed by atoms with Crippen LogP contribution in [0.3, 0.4) is 0 Å². The van der Waals surface area contributed by atoms with Crippen LogP contribution in [0.1, 0.15) is 11.1 Å². The molecule has 1 heteroatoms. The zero-order valence-electron chi connectivity index (χ0n) is 33.6. The molecule has 0 spiro atoms. The van der Waals surface area contributed by atoms with Crippen LogP contribution >= 0.6 is 0 Å². The Labute approximate surface area is 356 Å². The van der Waals surface area contributed by atoms with E-state index in [1.54, 1.807) is 0 Å². The first-order valence-corrected chi connectivity index (χ1v) is 21.0. The van der Waals surface area contributed by atoms with Crippen molar-refractivity contribution in [3.63, 3.8) is 0 Å². The average molecular weight is 776 g/mol.